The standard InChI is InChI=1S/C15H10BrFN2O/c16-12-7-14-11(6-13(12)17)15(20)19(9-18-14)8-10-4-2-1-3-5-10/h1-7,9H,8H2. The molecule has 0 radical (unpaired) electrons. The molecule has 0 atom stereocenters. The van der Waals surface area contributed by atoms with Gasteiger partial charge in [0.1, 0.15) is 5.82 Å². The third-order valence-electron chi connectivity index (χ3n) is 3.06. The normalized spacial score (nSPS) is 10.9. The second-order valence-corrected chi connectivity index (χ2v) is 5.30. The molecule has 3 nitrogen and oxygen atoms in total. The number of benzene rings is 2. The number of hydrogen-bond acceptors (Lipinski definition) is 2. The second kappa shape index (κ2) is 5.17. The summed E-state index contributed by atoms with van der Waals surface area (Å²) in [4.78, 5) is 16.5. The van der Waals surface area contributed by atoms with Gasteiger partial charge in [-0.2, -0.15) is 0 Å². The minimum absolute atomic E-state index is 0.245. The summed E-state index contributed by atoms with van der Waals surface area (Å²) in [6.45, 7) is 0.417. The minimum Gasteiger partial charge on any atom is -0.294 e. The van der Waals surface area contributed by atoms with Crippen molar-refractivity contribution in [1.29, 1.82) is 0 Å². The zero-order chi connectivity index (χ0) is 14.1. The highest BCUT2D eigenvalue weighted by Gasteiger charge is 2.08. The van der Waals surface area contributed by atoms with E-state index in [0.717, 1.165) is 5.56 Å². The molecule has 0 fully saturated rings. The fourth-order valence-electron chi connectivity index (χ4n) is 2.05. The Morgan fingerprint density at radius 3 is 2.70 bits per heavy atom. The van der Waals surface area contributed by atoms with E-state index in [0.29, 0.717) is 16.5 Å². The predicted octanol–water partition coefficient (Wildman–Crippen LogP) is 3.35. The van der Waals surface area contributed by atoms with Crippen molar-refractivity contribution >= 4 is 26.8 Å². The summed E-state index contributed by atoms with van der Waals surface area (Å²) in [5.41, 5.74) is 1.23. The first kappa shape index (κ1) is 13.0. The summed E-state index contributed by atoms with van der Waals surface area (Å²) in [5, 5.41) is 0.282. The lowest BCUT2D eigenvalue weighted by atomic mass is 10.2. The van der Waals surface area contributed by atoms with Crippen LogP contribution in [-0.4, -0.2) is 9.55 Å². The van der Waals surface area contributed by atoms with Gasteiger partial charge in [-0.15, -0.1) is 0 Å². The Kier molecular flexibility index (Phi) is 3.36. The van der Waals surface area contributed by atoms with Crippen LogP contribution in [0.4, 0.5) is 4.39 Å². The van der Waals surface area contributed by atoms with Crippen LogP contribution in [0.25, 0.3) is 10.9 Å². The smallest absolute Gasteiger partial charge is 0.261 e. The quantitative estimate of drug-likeness (QED) is 0.721. The monoisotopic (exact) mass is 332 g/mol. The van der Waals surface area contributed by atoms with Gasteiger partial charge in [-0.3, -0.25) is 9.36 Å². The predicted molar refractivity (Wildman–Crippen MR) is 79.2 cm³/mol. The van der Waals surface area contributed by atoms with Crippen molar-refractivity contribution in [3.05, 3.63) is 75.0 Å². The molecule has 0 bridgehead atoms. The lowest BCUT2D eigenvalue weighted by molar-refractivity contribution is 0.622. The molecule has 2 aromatic carbocycles. The van der Waals surface area contributed by atoms with Crippen LogP contribution in [0.2, 0.25) is 0 Å². The molecule has 3 rings (SSSR count). The number of hydrogen-bond donors (Lipinski definition) is 0. The molecular formula is C15H10BrFN2O. The molecule has 5 heteroatoms. The van der Waals surface area contributed by atoms with Gasteiger partial charge < -0.3 is 0 Å². The van der Waals surface area contributed by atoms with Gasteiger partial charge in [0, 0.05) is 0 Å². The largest absolute Gasteiger partial charge is 0.294 e. The average Bonchev–Trinajstić information content (AvgIpc) is 2.46. The molecule has 20 heavy (non-hydrogen) atoms. The van der Waals surface area contributed by atoms with Gasteiger partial charge in [-0.1, -0.05) is 30.3 Å². The Hall–Kier alpha value is -2.01. The second-order valence-electron chi connectivity index (χ2n) is 4.45. The van der Waals surface area contributed by atoms with E-state index in [1.807, 2.05) is 30.3 Å². The van der Waals surface area contributed by atoms with Crippen molar-refractivity contribution in [2.24, 2.45) is 0 Å². The maximum absolute atomic E-state index is 13.6. The van der Waals surface area contributed by atoms with Crippen molar-refractivity contribution in [3.8, 4) is 0 Å². The number of fused-ring (bicyclic) bond motifs is 1. The third-order valence-corrected chi connectivity index (χ3v) is 3.67. The van der Waals surface area contributed by atoms with Crippen LogP contribution < -0.4 is 5.56 Å². The van der Waals surface area contributed by atoms with E-state index >= 15 is 0 Å². The zero-order valence-corrected chi connectivity index (χ0v) is 12.0. The van der Waals surface area contributed by atoms with Gasteiger partial charge in [-0.25, -0.2) is 9.37 Å². The van der Waals surface area contributed by atoms with Crippen LogP contribution in [0.15, 0.2) is 58.1 Å². The van der Waals surface area contributed by atoms with Crippen LogP contribution >= 0.6 is 15.9 Å². The molecule has 0 spiro atoms. The van der Waals surface area contributed by atoms with E-state index in [9.17, 15) is 9.18 Å². The maximum atomic E-state index is 13.6. The molecule has 0 aliphatic heterocycles. The Balaban J connectivity index is 2.12. The van der Waals surface area contributed by atoms with E-state index in [-0.39, 0.29) is 10.9 Å². The molecule has 0 saturated carbocycles. The van der Waals surface area contributed by atoms with Crippen molar-refractivity contribution in [2.75, 3.05) is 0 Å². The lowest BCUT2D eigenvalue weighted by Crippen LogP contribution is -2.21. The van der Waals surface area contributed by atoms with E-state index in [1.165, 1.54) is 23.0 Å². The molecule has 0 aliphatic carbocycles. The van der Waals surface area contributed by atoms with Crippen molar-refractivity contribution in [3.63, 3.8) is 0 Å². The van der Waals surface area contributed by atoms with Gasteiger partial charge in [0.05, 0.1) is 28.2 Å². The summed E-state index contributed by atoms with van der Waals surface area (Å²) in [6.07, 6.45) is 1.49. The number of nitrogens with zero attached hydrogens (tertiary/aromatic N) is 2. The average molecular weight is 333 g/mol. The van der Waals surface area contributed by atoms with Crippen molar-refractivity contribution < 1.29 is 4.39 Å². The molecule has 0 N–H and O–H groups in total. The lowest BCUT2D eigenvalue weighted by Gasteiger charge is -2.07. The van der Waals surface area contributed by atoms with Gasteiger partial charge in [-0.05, 0) is 33.6 Å². The Labute approximate surface area is 122 Å². The zero-order valence-electron chi connectivity index (χ0n) is 10.4. The SMILES string of the molecule is O=c1c2cc(F)c(Br)cc2ncn1Cc1ccccc1. The molecule has 1 heterocycles. The highest BCUT2D eigenvalue weighted by atomic mass is 79.9. The fourth-order valence-corrected chi connectivity index (χ4v) is 2.38. The van der Waals surface area contributed by atoms with Gasteiger partial charge in [0.15, 0.2) is 0 Å². The maximum Gasteiger partial charge on any atom is 0.261 e. The topological polar surface area (TPSA) is 34.9 Å². The van der Waals surface area contributed by atoms with E-state index in [4.69, 9.17) is 0 Å². The van der Waals surface area contributed by atoms with Gasteiger partial charge in [0.2, 0.25) is 0 Å². The van der Waals surface area contributed by atoms with Crippen LogP contribution in [0.1, 0.15) is 5.56 Å². The van der Waals surface area contributed by atoms with Gasteiger partial charge in [0.25, 0.3) is 5.56 Å². The number of rotatable bonds is 2. The van der Waals surface area contributed by atoms with Crippen molar-refractivity contribution in [2.45, 2.75) is 6.54 Å². The first-order chi connectivity index (χ1) is 9.65. The molecule has 3 aromatic rings. The van der Waals surface area contributed by atoms with Crippen LogP contribution in [-0.2, 0) is 6.54 Å². The molecule has 0 saturated heterocycles. The first-order valence-electron chi connectivity index (χ1n) is 6.03. The van der Waals surface area contributed by atoms with Crippen LogP contribution in [0.3, 0.4) is 0 Å². The highest BCUT2D eigenvalue weighted by Crippen LogP contribution is 2.19. The van der Waals surface area contributed by atoms with E-state index in [2.05, 4.69) is 20.9 Å². The molecule has 0 aliphatic rings. The van der Waals surface area contributed by atoms with E-state index in [1.54, 1.807) is 0 Å². The molecular weight excluding hydrogens is 323 g/mol. The Morgan fingerprint density at radius 1 is 1.20 bits per heavy atom. The molecule has 100 valence electrons. The summed E-state index contributed by atoms with van der Waals surface area (Å²) in [5.74, 6) is -0.464. The minimum atomic E-state index is -0.464. The number of halogens is 2. The summed E-state index contributed by atoms with van der Waals surface area (Å²) < 4.78 is 15.3. The third kappa shape index (κ3) is 2.36. The summed E-state index contributed by atoms with van der Waals surface area (Å²) in [6, 6.07) is 12.3. The highest BCUT2D eigenvalue weighted by molar-refractivity contribution is 9.10. The molecule has 0 amide bonds. The first-order valence-corrected chi connectivity index (χ1v) is 6.82. The fraction of sp³-hybridized carbons (Fsp3) is 0.0667. The van der Waals surface area contributed by atoms with E-state index < -0.39 is 5.82 Å². The van der Waals surface area contributed by atoms with Crippen molar-refractivity contribution in [1.82, 2.24) is 9.55 Å². The Morgan fingerprint density at radius 2 is 1.95 bits per heavy atom. The summed E-state index contributed by atoms with van der Waals surface area (Å²) in [7, 11) is 0. The number of aromatic nitrogens is 2. The van der Waals surface area contributed by atoms with Crippen LogP contribution in [0, 0.1) is 5.82 Å². The van der Waals surface area contributed by atoms with Gasteiger partial charge >= 0.3 is 0 Å². The summed E-state index contributed by atoms with van der Waals surface area (Å²) >= 11 is 3.09. The Bertz CT molecular complexity index is 830. The molecule has 0 unspecified atom stereocenters. The van der Waals surface area contributed by atoms with Crippen LogP contribution in [0.5, 0.6) is 0 Å². The molecule has 1 aromatic heterocycles.